The van der Waals surface area contributed by atoms with E-state index in [-0.39, 0.29) is 10.6 Å². The Balaban J connectivity index is 2.11. The average Bonchev–Trinajstić information content (AvgIpc) is 2.44. The summed E-state index contributed by atoms with van der Waals surface area (Å²) >= 11 is 5.91. The van der Waals surface area contributed by atoms with Crippen LogP contribution < -0.4 is 10.9 Å². The van der Waals surface area contributed by atoms with Crippen LogP contribution in [0.5, 0.6) is 0 Å². The highest BCUT2D eigenvalue weighted by atomic mass is 35.5. The van der Waals surface area contributed by atoms with Crippen molar-refractivity contribution < 1.29 is 0 Å². The first-order chi connectivity index (χ1) is 9.25. The van der Waals surface area contributed by atoms with Crippen molar-refractivity contribution in [2.75, 3.05) is 5.32 Å². The van der Waals surface area contributed by atoms with Crippen LogP contribution >= 0.6 is 11.6 Å². The van der Waals surface area contributed by atoms with E-state index in [0.717, 1.165) is 16.5 Å². The van der Waals surface area contributed by atoms with Gasteiger partial charge in [0.05, 0.1) is 6.33 Å². The fraction of sp³-hybridized carbons (Fsp3) is 0. The Morgan fingerprint density at radius 3 is 3.05 bits per heavy atom. The lowest BCUT2D eigenvalue weighted by Gasteiger charge is -2.09. The van der Waals surface area contributed by atoms with Crippen LogP contribution in [0.25, 0.3) is 10.8 Å². The molecule has 2 heterocycles. The number of nitrogens with zero attached hydrogens (tertiary/aromatic N) is 2. The molecule has 94 valence electrons. The Morgan fingerprint density at radius 2 is 2.16 bits per heavy atom. The molecule has 0 saturated heterocycles. The molecule has 0 aliphatic heterocycles. The monoisotopic (exact) mass is 272 g/mol. The molecular formula is C13H9ClN4O. The molecular weight excluding hydrogens is 264 g/mol. The molecule has 0 bridgehead atoms. The van der Waals surface area contributed by atoms with Gasteiger partial charge in [0.2, 0.25) is 0 Å². The Hall–Kier alpha value is -2.40. The van der Waals surface area contributed by atoms with Gasteiger partial charge in [-0.1, -0.05) is 23.7 Å². The first-order valence-electron chi connectivity index (χ1n) is 5.58. The summed E-state index contributed by atoms with van der Waals surface area (Å²) in [6.07, 6.45) is 4.78. The number of hydrogen-bond acceptors (Lipinski definition) is 4. The minimum absolute atomic E-state index is 0.0309. The van der Waals surface area contributed by atoms with Crippen molar-refractivity contribution in [2.24, 2.45) is 0 Å². The maximum Gasteiger partial charge on any atom is 0.271 e. The van der Waals surface area contributed by atoms with Gasteiger partial charge in [0.1, 0.15) is 5.02 Å². The van der Waals surface area contributed by atoms with Gasteiger partial charge in [0.25, 0.3) is 5.56 Å². The van der Waals surface area contributed by atoms with Crippen LogP contribution in [0.3, 0.4) is 0 Å². The smallest absolute Gasteiger partial charge is 0.271 e. The van der Waals surface area contributed by atoms with E-state index in [9.17, 15) is 4.79 Å². The van der Waals surface area contributed by atoms with Gasteiger partial charge in [-0.05, 0) is 17.5 Å². The van der Waals surface area contributed by atoms with E-state index < -0.39 is 0 Å². The minimum atomic E-state index is -0.377. The Bertz CT molecular complexity index is 795. The van der Waals surface area contributed by atoms with Gasteiger partial charge < -0.3 is 10.3 Å². The van der Waals surface area contributed by atoms with Crippen LogP contribution in [0.2, 0.25) is 5.02 Å². The zero-order valence-corrected chi connectivity index (χ0v) is 10.5. The Kier molecular flexibility index (Phi) is 2.89. The van der Waals surface area contributed by atoms with Crippen LogP contribution in [-0.4, -0.2) is 15.0 Å². The summed E-state index contributed by atoms with van der Waals surface area (Å²) in [5.74, 6) is 0.321. The molecule has 0 unspecified atom stereocenters. The second-order valence-corrected chi connectivity index (χ2v) is 4.30. The summed E-state index contributed by atoms with van der Waals surface area (Å²) in [7, 11) is 0. The third kappa shape index (κ3) is 2.15. The normalized spacial score (nSPS) is 10.6. The number of halogens is 1. The molecule has 0 aliphatic carbocycles. The number of aromatic nitrogens is 3. The van der Waals surface area contributed by atoms with E-state index in [1.165, 1.54) is 6.33 Å². The fourth-order valence-corrected chi connectivity index (χ4v) is 1.97. The molecule has 1 aromatic carbocycles. The number of pyridine rings is 1. The van der Waals surface area contributed by atoms with E-state index >= 15 is 0 Å². The largest absolute Gasteiger partial charge is 0.338 e. The molecule has 0 spiro atoms. The summed E-state index contributed by atoms with van der Waals surface area (Å²) in [5, 5.41) is 5.06. The lowest BCUT2D eigenvalue weighted by atomic mass is 10.1. The van der Waals surface area contributed by atoms with E-state index in [1.807, 2.05) is 24.3 Å². The van der Waals surface area contributed by atoms with Gasteiger partial charge in [0, 0.05) is 23.5 Å². The lowest BCUT2D eigenvalue weighted by Crippen LogP contribution is -2.09. The van der Waals surface area contributed by atoms with Crippen molar-refractivity contribution in [2.45, 2.75) is 0 Å². The van der Waals surface area contributed by atoms with E-state index in [2.05, 4.69) is 20.3 Å². The zero-order valence-electron chi connectivity index (χ0n) is 9.72. The van der Waals surface area contributed by atoms with Crippen LogP contribution in [0, 0.1) is 0 Å². The van der Waals surface area contributed by atoms with Crippen LogP contribution in [0.4, 0.5) is 11.5 Å². The summed E-state index contributed by atoms with van der Waals surface area (Å²) in [6, 6.07) is 7.68. The van der Waals surface area contributed by atoms with Gasteiger partial charge in [0.15, 0.2) is 5.82 Å². The highest BCUT2D eigenvalue weighted by Gasteiger charge is 2.07. The molecule has 6 heteroatoms. The molecule has 0 atom stereocenters. The van der Waals surface area contributed by atoms with Crippen molar-refractivity contribution in [1.82, 2.24) is 15.0 Å². The van der Waals surface area contributed by atoms with Gasteiger partial charge >= 0.3 is 0 Å². The van der Waals surface area contributed by atoms with Gasteiger partial charge in [-0.2, -0.15) is 0 Å². The fourth-order valence-electron chi connectivity index (χ4n) is 1.82. The van der Waals surface area contributed by atoms with Crippen molar-refractivity contribution in [3.8, 4) is 0 Å². The second kappa shape index (κ2) is 4.70. The number of hydrogen-bond donors (Lipinski definition) is 2. The molecule has 5 nitrogen and oxygen atoms in total. The molecule has 0 saturated carbocycles. The predicted octanol–water partition coefficient (Wildman–Crippen LogP) is 2.72. The predicted molar refractivity (Wildman–Crippen MR) is 74.9 cm³/mol. The summed E-state index contributed by atoms with van der Waals surface area (Å²) in [6.45, 7) is 0. The standard InChI is InChI=1S/C13H9ClN4O/c14-11-12(16-7-17-13(11)19)18-10-3-1-2-8-4-5-15-6-9(8)10/h1-7H,(H2,16,17,18,19). The van der Waals surface area contributed by atoms with Crippen molar-refractivity contribution >= 4 is 33.9 Å². The highest BCUT2D eigenvalue weighted by molar-refractivity contribution is 6.32. The first-order valence-corrected chi connectivity index (χ1v) is 5.96. The molecule has 2 N–H and O–H groups in total. The molecule has 19 heavy (non-hydrogen) atoms. The number of fused-ring (bicyclic) bond motifs is 1. The van der Waals surface area contributed by atoms with Crippen molar-refractivity contribution in [1.29, 1.82) is 0 Å². The maximum absolute atomic E-state index is 11.4. The van der Waals surface area contributed by atoms with E-state index in [4.69, 9.17) is 11.6 Å². The second-order valence-electron chi connectivity index (χ2n) is 3.92. The minimum Gasteiger partial charge on any atom is -0.338 e. The molecule has 0 aliphatic rings. The summed E-state index contributed by atoms with van der Waals surface area (Å²) in [4.78, 5) is 21.9. The Labute approximate surface area is 113 Å². The first kappa shape index (κ1) is 11.7. The zero-order chi connectivity index (χ0) is 13.2. The number of H-pyrrole nitrogens is 1. The number of aromatic amines is 1. The molecule has 3 rings (SSSR count). The molecule has 0 amide bonds. The van der Waals surface area contributed by atoms with Crippen molar-refractivity contribution in [3.05, 3.63) is 58.4 Å². The van der Waals surface area contributed by atoms with Gasteiger partial charge in [-0.3, -0.25) is 9.78 Å². The van der Waals surface area contributed by atoms with E-state index in [1.54, 1.807) is 12.4 Å². The van der Waals surface area contributed by atoms with Crippen LogP contribution in [0.15, 0.2) is 47.8 Å². The van der Waals surface area contributed by atoms with Gasteiger partial charge in [-0.15, -0.1) is 0 Å². The highest BCUT2D eigenvalue weighted by Crippen LogP contribution is 2.26. The van der Waals surface area contributed by atoms with Crippen LogP contribution in [-0.2, 0) is 0 Å². The number of nitrogens with one attached hydrogen (secondary N) is 2. The van der Waals surface area contributed by atoms with Gasteiger partial charge in [-0.25, -0.2) is 4.98 Å². The number of anilines is 2. The molecule has 0 fully saturated rings. The number of benzene rings is 1. The third-order valence-corrected chi connectivity index (χ3v) is 3.08. The molecule has 2 aromatic heterocycles. The molecule has 0 radical (unpaired) electrons. The summed E-state index contributed by atoms with van der Waals surface area (Å²) in [5.41, 5.74) is 0.420. The van der Waals surface area contributed by atoms with E-state index in [0.29, 0.717) is 5.82 Å². The average molecular weight is 273 g/mol. The Morgan fingerprint density at radius 1 is 1.26 bits per heavy atom. The lowest BCUT2D eigenvalue weighted by molar-refractivity contribution is 1.12. The topological polar surface area (TPSA) is 70.7 Å². The summed E-state index contributed by atoms with van der Waals surface area (Å²) < 4.78 is 0. The third-order valence-electron chi connectivity index (χ3n) is 2.73. The quantitative estimate of drug-likeness (QED) is 0.752. The van der Waals surface area contributed by atoms with Crippen molar-refractivity contribution in [3.63, 3.8) is 0 Å². The van der Waals surface area contributed by atoms with Crippen LogP contribution in [0.1, 0.15) is 0 Å². The maximum atomic E-state index is 11.4. The SMILES string of the molecule is O=c1[nH]cnc(Nc2cccc3ccncc23)c1Cl. The molecule has 3 aromatic rings. The number of rotatable bonds is 2.